The Labute approximate surface area is 145 Å². The molecule has 2 rings (SSSR count). The van der Waals surface area contributed by atoms with E-state index in [2.05, 4.69) is 71.4 Å². The summed E-state index contributed by atoms with van der Waals surface area (Å²) in [5, 5.41) is 5.90. The number of thiophene rings is 1. The molecular formula is C17H22INOS. The standard InChI is InChI=1S/C17H22INOS/c1-3-9-19-17(13-11-16(18)21-12-13)14-7-5-6-8-15(14)20-10-4-2/h5-8,11-12,17,19H,3-4,9-10H2,1-2H3. The summed E-state index contributed by atoms with van der Waals surface area (Å²) in [5.41, 5.74) is 2.55. The third-order valence-electron chi connectivity index (χ3n) is 3.21. The maximum Gasteiger partial charge on any atom is 0.124 e. The van der Waals surface area contributed by atoms with E-state index in [9.17, 15) is 0 Å². The molecule has 0 aliphatic carbocycles. The van der Waals surface area contributed by atoms with Crippen molar-refractivity contribution in [3.8, 4) is 5.75 Å². The topological polar surface area (TPSA) is 21.3 Å². The fourth-order valence-corrected chi connectivity index (χ4v) is 3.63. The van der Waals surface area contributed by atoms with E-state index in [1.165, 1.54) is 14.0 Å². The molecule has 0 aliphatic rings. The van der Waals surface area contributed by atoms with Crippen LogP contribution in [0.25, 0.3) is 0 Å². The van der Waals surface area contributed by atoms with Gasteiger partial charge in [-0.2, -0.15) is 0 Å². The van der Waals surface area contributed by atoms with E-state index < -0.39 is 0 Å². The summed E-state index contributed by atoms with van der Waals surface area (Å²) < 4.78 is 7.25. The fourth-order valence-electron chi connectivity index (χ4n) is 2.23. The van der Waals surface area contributed by atoms with Gasteiger partial charge in [0.1, 0.15) is 5.75 Å². The average molecular weight is 415 g/mol. The zero-order valence-electron chi connectivity index (χ0n) is 12.6. The van der Waals surface area contributed by atoms with Crippen LogP contribution in [0.3, 0.4) is 0 Å². The Morgan fingerprint density at radius 2 is 2.05 bits per heavy atom. The molecule has 1 unspecified atom stereocenters. The van der Waals surface area contributed by atoms with Crippen LogP contribution in [0.2, 0.25) is 0 Å². The summed E-state index contributed by atoms with van der Waals surface area (Å²) in [6.45, 7) is 6.09. The predicted molar refractivity (Wildman–Crippen MR) is 99.4 cm³/mol. The molecule has 0 amide bonds. The second-order valence-electron chi connectivity index (χ2n) is 4.96. The van der Waals surface area contributed by atoms with Gasteiger partial charge in [-0.3, -0.25) is 0 Å². The molecule has 0 fully saturated rings. The van der Waals surface area contributed by atoms with Crippen molar-refractivity contribution in [3.63, 3.8) is 0 Å². The van der Waals surface area contributed by atoms with Gasteiger partial charge in [-0.25, -0.2) is 0 Å². The number of benzene rings is 1. The van der Waals surface area contributed by atoms with Crippen LogP contribution in [-0.2, 0) is 0 Å². The molecule has 1 heterocycles. The van der Waals surface area contributed by atoms with Crippen LogP contribution in [0.4, 0.5) is 0 Å². The van der Waals surface area contributed by atoms with Crippen LogP contribution >= 0.6 is 33.9 Å². The Morgan fingerprint density at radius 3 is 2.71 bits per heavy atom. The quantitative estimate of drug-likeness (QED) is 0.596. The van der Waals surface area contributed by atoms with Gasteiger partial charge >= 0.3 is 0 Å². The van der Waals surface area contributed by atoms with E-state index in [-0.39, 0.29) is 6.04 Å². The normalized spacial score (nSPS) is 12.3. The number of hydrogen-bond donors (Lipinski definition) is 1. The minimum absolute atomic E-state index is 0.206. The van der Waals surface area contributed by atoms with E-state index in [1.807, 2.05) is 6.07 Å². The minimum Gasteiger partial charge on any atom is -0.493 e. The highest BCUT2D eigenvalue weighted by atomic mass is 127. The molecule has 2 aromatic rings. The molecule has 1 atom stereocenters. The molecule has 0 saturated carbocycles. The van der Waals surface area contributed by atoms with Crippen molar-refractivity contribution in [1.29, 1.82) is 0 Å². The number of rotatable bonds is 8. The van der Waals surface area contributed by atoms with Gasteiger partial charge in [0.05, 0.1) is 15.5 Å². The lowest BCUT2D eigenvalue weighted by molar-refractivity contribution is 0.311. The van der Waals surface area contributed by atoms with E-state index in [1.54, 1.807) is 11.3 Å². The van der Waals surface area contributed by atoms with Gasteiger partial charge < -0.3 is 10.1 Å². The summed E-state index contributed by atoms with van der Waals surface area (Å²) in [6.07, 6.45) is 2.15. The number of para-hydroxylation sites is 1. The first-order valence-corrected chi connectivity index (χ1v) is 9.41. The van der Waals surface area contributed by atoms with Crippen LogP contribution in [0.1, 0.15) is 43.9 Å². The van der Waals surface area contributed by atoms with Crippen molar-refractivity contribution in [3.05, 3.63) is 49.7 Å². The smallest absolute Gasteiger partial charge is 0.124 e. The van der Waals surface area contributed by atoms with Gasteiger partial charge in [0.15, 0.2) is 0 Å². The molecular weight excluding hydrogens is 393 g/mol. The van der Waals surface area contributed by atoms with Crippen LogP contribution < -0.4 is 10.1 Å². The van der Waals surface area contributed by atoms with Crippen molar-refractivity contribution in [2.45, 2.75) is 32.7 Å². The van der Waals surface area contributed by atoms with Crippen molar-refractivity contribution in [2.75, 3.05) is 13.2 Å². The maximum absolute atomic E-state index is 5.94. The first kappa shape index (κ1) is 16.8. The van der Waals surface area contributed by atoms with Crippen molar-refractivity contribution >= 4 is 33.9 Å². The van der Waals surface area contributed by atoms with E-state index in [0.29, 0.717) is 0 Å². The highest BCUT2D eigenvalue weighted by Gasteiger charge is 2.18. The number of hydrogen-bond acceptors (Lipinski definition) is 3. The maximum atomic E-state index is 5.94. The van der Waals surface area contributed by atoms with Gasteiger partial charge in [0.25, 0.3) is 0 Å². The molecule has 0 bridgehead atoms. The van der Waals surface area contributed by atoms with Gasteiger partial charge in [-0.05, 0) is 65.1 Å². The SMILES string of the molecule is CCCNC(c1csc(I)c1)c1ccccc1OCCC. The van der Waals surface area contributed by atoms with E-state index >= 15 is 0 Å². The molecule has 21 heavy (non-hydrogen) atoms. The Morgan fingerprint density at radius 1 is 1.24 bits per heavy atom. The molecule has 1 aromatic carbocycles. The number of ether oxygens (including phenoxy) is 1. The third-order valence-corrected chi connectivity index (χ3v) is 5.02. The lowest BCUT2D eigenvalue weighted by Gasteiger charge is -2.21. The van der Waals surface area contributed by atoms with Gasteiger partial charge in [0, 0.05) is 5.56 Å². The first-order valence-electron chi connectivity index (χ1n) is 7.45. The summed E-state index contributed by atoms with van der Waals surface area (Å²) in [4.78, 5) is 0. The summed E-state index contributed by atoms with van der Waals surface area (Å²) in [5.74, 6) is 0.995. The van der Waals surface area contributed by atoms with E-state index in [4.69, 9.17) is 4.74 Å². The van der Waals surface area contributed by atoms with Crippen molar-refractivity contribution in [1.82, 2.24) is 5.32 Å². The Kier molecular flexibility index (Phi) is 6.99. The second kappa shape index (κ2) is 8.76. The lowest BCUT2D eigenvalue weighted by Crippen LogP contribution is -2.23. The van der Waals surface area contributed by atoms with Crippen LogP contribution in [0.15, 0.2) is 35.7 Å². The molecule has 1 N–H and O–H groups in total. The van der Waals surface area contributed by atoms with Crippen LogP contribution in [0, 0.1) is 2.88 Å². The van der Waals surface area contributed by atoms with Crippen LogP contribution in [0.5, 0.6) is 5.75 Å². The molecule has 0 aliphatic heterocycles. The molecule has 0 spiro atoms. The monoisotopic (exact) mass is 415 g/mol. The van der Waals surface area contributed by atoms with Crippen LogP contribution in [-0.4, -0.2) is 13.2 Å². The van der Waals surface area contributed by atoms with Crippen molar-refractivity contribution in [2.24, 2.45) is 0 Å². The third kappa shape index (κ3) is 4.69. The van der Waals surface area contributed by atoms with Crippen molar-refractivity contribution < 1.29 is 4.74 Å². The predicted octanol–water partition coefficient (Wildman–Crippen LogP) is 5.23. The zero-order chi connectivity index (χ0) is 15.1. The highest BCUT2D eigenvalue weighted by Crippen LogP contribution is 2.32. The Balaban J connectivity index is 2.31. The molecule has 0 radical (unpaired) electrons. The highest BCUT2D eigenvalue weighted by molar-refractivity contribution is 14.1. The molecule has 1 aromatic heterocycles. The van der Waals surface area contributed by atoms with Gasteiger partial charge in [0.2, 0.25) is 0 Å². The minimum atomic E-state index is 0.206. The number of nitrogens with one attached hydrogen (secondary N) is 1. The second-order valence-corrected chi connectivity index (χ2v) is 7.76. The molecule has 0 saturated heterocycles. The number of halogens is 1. The zero-order valence-corrected chi connectivity index (χ0v) is 15.5. The molecule has 114 valence electrons. The first-order chi connectivity index (χ1) is 10.3. The molecule has 2 nitrogen and oxygen atoms in total. The largest absolute Gasteiger partial charge is 0.493 e. The van der Waals surface area contributed by atoms with E-state index in [0.717, 1.165) is 31.7 Å². The fraction of sp³-hybridized carbons (Fsp3) is 0.412. The Bertz CT molecular complexity index is 555. The summed E-state index contributed by atoms with van der Waals surface area (Å²) in [7, 11) is 0. The lowest BCUT2D eigenvalue weighted by atomic mass is 10.00. The summed E-state index contributed by atoms with van der Waals surface area (Å²) >= 11 is 4.17. The Hall–Kier alpha value is -0.590. The van der Waals surface area contributed by atoms with Gasteiger partial charge in [-0.1, -0.05) is 32.0 Å². The molecule has 4 heteroatoms. The average Bonchev–Trinajstić information content (AvgIpc) is 2.93. The summed E-state index contributed by atoms with van der Waals surface area (Å²) in [6, 6.07) is 10.8. The van der Waals surface area contributed by atoms with Gasteiger partial charge in [-0.15, -0.1) is 11.3 Å².